The van der Waals surface area contributed by atoms with Gasteiger partial charge in [-0.25, -0.2) is 4.79 Å². The Hall–Kier alpha value is -3.63. The maximum absolute atomic E-state index is 13.9. The second-order valence-corrected chi connectivity index (χ2v) is 12.9. The van der Waals surface area contributed by atoms with Crippen molar-refractivity contribution in [3.8, 4) is 0 Å². The van der Waals surface area contributed by atoms with Gasteiger partial charge in [-0.2, -0.15) is 8.42 Å². The number of benzene rings is 2. The molecule has 0 atom stereocenters. The van der Waals surface area contributed by atoms with Gasteiger partial charge in [-0.05, 0) is 81.1 Å². The van der Waals surface area contributed by atoms with Gasteiger partial charge in [0, 0.05) is 61.2 Å². The quantitative estimate of drug-likeness (QED) is 0.364. The molecule has 0 radical (unpaired) electrons. The summed E-state index contributed by atoms with van der Waals surface area (Å²) >= 11 is 6.10. The molecule has 2 heterocycles. The first-order chi connectivity index (χ1) is 19.9. The Bertz CT molecular complexity index is 1590. The fourth-order valence-electron chi connectivity index (χ4n) is 5.13. The van der Waals surface area contributed by atoms with E-state index < -0.39 is 27.9 Å². The highest BCUT2D eigenvalue weighted by Crippen LogP contribution is 2.24. The lowest BCUT2D eigenvalue weighted by atomic mass is 10.00. The molecular weight excluding hydrogens is 576 g/mol. The number of carbonyl (C=O) groups excluding carboxylic acids is 2. The number of hydrogen-bond donors (Lipinski definition) is 1. The molecule has 4 rings (SSSR count). The number of aromatic nitrogens is 1. The largest absolute Gasteiger partial charge is 0.444 e. The van der Waals surface area contributed by atoms with E-state index in [0.29, 0.717) is 36.5 Å². The lowest BCUT2D eigenvalue weighted by Gasteiger charge is -2.39. The molecule has 0 aliphatic carbocycles. The van der Waals surface area contributed by atoms with E-state index >= 15 is 0 Å². The zero-order valence-corrected chi connectivity index (χ0v) is 26.0. The molecule has 0 spiro atoms. The van der Waals surface area contributed by atoms with Crippen LogP contribution in [0.1, 0.15) is 44.9 Å². The number of fused-ring (bicyclic) bond motifs is 1. The van der Waals surface area contributed by atoms with Gasteiger partial charge in [0.25, 0.3) is 5.91 Å². The third-order valence-electron chi connectivity index (χ3n) is 7.10. The van der Waals surface area contributed by atoms with Crippen LogP contribution in [0.4, 0.5) is 10.5 Å². The lowest BCUT2D eigenvalue weighted by Crippen LogP contribution is -2.52. The molecule has 9 nitrogen and oxygen atoms in total. The Kier molecular flexibility index (Phi) is 10.1. The number of alkyl carbamates (subject to hydrolysis) is 1. The van der Waals surface area contributed by atoms with E-state index in [2.05, 4.69) is 15.2 Å². The standard InChI is InChI=1S/C31H37ClN4O5S/c1-21-17-27(9-12-33-21)35-14-10-26(11-15-35)36(16-13-34-30(38)41-31(2,3)4)29(37)28(42(39)40)19-22-5-6-24-20-25(32)8-7-23(24)18-22/h5-9,12,17-18,20,26H,10-11,13-16,19H2,1-4H3,(H,34,38). The zero-order chi connectivity index (χ0) is 30.4. The van der Waals surface area contributed by atoms with Gasteiger partial charge in [0.05, 0.1) is 0 Å². The number of aryl methyl sites for hydroxylation is 1. The van der Waals surface area contributed by atoms with Gasteiger partial charge in [0.1, 0.15) is 10.5 Å². The highest BCUT2D eigenvalue weighted by Gasteiger charge is 2.31. The molecule has 0 bridgehead atoms. The predicted octanol–water partition coefficient (Wildman–Crippen LogP) is 4.81. The lowest BCUT2D eigenvalue weighted by molar-refractivity contribution is -0.126. The Labute approximate surface area is 253 Å². The summed E-state index contributed by atoms with van der Waals surface area (Å²) < 4.78 is 30.2. The van der Waals surface area contributed by atoms with Crippen molar-refractivity contribution in [2.75, 3.05) is 31.1 Å². The number of rotatable bonds is 8. The normalized spacial score (nSPS) is 14.0. The first-order valence-electron chi connectivity index (χ1n) is 14.0. The highest BCUT2D eigenvalue weighted by atomic mass is 35.5. The van der Waals surface area contributed by atoms with Crippen molar-refractivity contribution in [3.05, 3.63) is 71.0 Å². The zero-order valence-electron chi connectivity index (χ0n) is 24.4. The Morgan fingerprint density at radius 2 is 1.76 bits per heavy atom. The number of nitrogens with one attached hydrogen (secondary N) is 1. The average Bonchev–Trinajstić information content (AvgIpc) is 2.93. The van der Waals surface area contributed by atoms with Crippen LogP contribution in [-0.4, -0.2) is 73.0 Å². The summed E-state index contributed by atoms with van der Waals surface area (Å²) in [7, 11) is -2.74. The summed E-state index contributed by atoms with van der Waals surface area (Å²) in [4.78, 5) is 34.1. The first kappa shape index (κ1) is 31.3. The molecule has 224 valence electrons. The second kappa shape index (κ2) is 13.6. The molecule has 1 aliphatic heterocycles. The van der Waals surface area contributed by atoms with E-state index in [1.165, 1.54) is 0 Å². The Balaban J connectivity index is 1.53. The second-order valence-electron chi connectivity index (χ2n) is 11.5. The summed E-state index contributed by atoms with van der Waals surface area (Å²) in [6.07, 6.45) is 2.44. The van der Waals surface area contributed by atoms with Gasteiger partial charge in [-0.15, -0.1) is 0 Å². The summed E-state index contributed by atoms with van der Waals surface area (Å²) in [5, 5.41) is 5.14. The molecule has 2 amide bonds. The minimum atomic E-state index is -2.74. The van der Waals surface area contributed by atoms with Crippen LogP contribution in [-0.2, 0) is 26.2 Å². The van der Waals surface area contributed by atoms with Crippen molar-refractivity contribution >= 4 is 55.2 Å². The van der Waals surface area contributed by atoms with Crippen molar-refractivity contribution in [1.29, 1.82) is 0 Å². The van der Waals surface area contributed by atoms with Crippen LogP contribution < -0.4 is 10.2 Å². The van der Waals surface area contributed by atoms with E-state index in [1.54, 1.807) is 37.9 Å². The molecule has 42 heavy (non-hydrogen) atoms. The van der Waals surface area contributed by atoms with Crippen LogP contribution in [0.15, 0.2) is 54.7 Å². The van der Waals surface area contributed by atoms with E-state index in [9.17, 15) is 18.0 Å². The number of halogens is 1. The van der Waals surface area contributed by atoms with Gasteiger partial charge in [-0.3, -0.25) is 9.78 Å². The van der Waals surface area contributed by atoms with Gasteiger partial charge >= 0.3 is 6.09 Å². The van der Waals surface area contributed by atoms with E-state index in [1.807, 2.05) is 49.4 Å². The SMILES string of the molecule is Cc1cc(N2CCC(N(CCNC(=O)OC(C)(C)C)C(=O)C(Cc3ccc4cc(Cl)ccc4c3)=S(=O)=O)CC2)ccn1. The third kappa shape index (κ3) is 8.45. The molecular formula is C31H37ClN4O5S. The average molecular weight is 613 g/mol. The van der Waals surface area contributed by atoms with E-state index in [-0.39, 0.29) is 30.4 Å². The number of ether oxygens (including phenoxy) is 1. The number of carbonyl (C=O) groups is 2. The smallest absolute Gasteiger partial charge is 0.407 e. The topological polar surface area (TPSA) is 109 Å². The molecule has 1 aliphatic rings. The highest BCUT2D eigenvalue weighted by molar-refractivity contribution is 7.74. The fraction of sp³-hybridized carbons (Fsp3) is 0.419. The van der Waals surface area contributed by atoms with Crippen LogP contribution >= 0.6 is 11.6 Å². The molecule has 1 aromatic heterocycles. The summed E-state index contributed by atoms with van der Waals surface area (Å²) in [6, 6.07) is 14.8. The molecule has 0 unspecified atom stereocenters. The molecule has 0 saturated carbocycles. The van der Waals surface area contributed by atoms with Gasteiger partial charge in [0.15, 0.2) is 0 Å². The first-order valence-corrected chi connectivity index (χ1v) is 15.4. The molecule has 2 aromatic carbocycles. The van der Waals surface area contributed by atoms with Crippen molar-refractivity contribution in [1.82, 2.24) is 15.2 Å². The maximum atomic E-state index is 13.9. The summed E-state index contributed by atoms with van der Waals surface area (Å²) in [6.45, 7) is 8.92. The summed E-state index contributed by atoms with van der Waals surface area (Å²) in [5.74, 6) is -0.552. The monoisotopic (exact) mass is 612 g/mol. The fourth-order valence-corrected chi connectivity index (χ4v) is 5.86. The maximum Gasteiger partial charge on any atom is 0.407 e. The number of pyridine rings is 1. The van der Waals surface area contributed by atoms with Crippen molar-refractivity contribution in [2.24, 2.45) is 0 Å². The molecule has 1 N–H and O–H groups in total. The van der Waals surface area contributed by atoms with Crippen molar-refractivity contribution < 1.29 is 22.7 Å². The Morgan fingerprint density at radius 3 is 2.43 bits per heavy atom. The predicted molar refractivity (Wildman–Crippen MR) is 167 cm³/mol. The number of piperidine rings is 1. The number of anilines is 1. The van der Waals surface area contributed by atoms with Crippen LogP contribution in [0.3, 0.4) is 0 Å². The molecule has 1 saturated heterocycles. The number of hydrogen-bond acceptors (Lipinski definition) is 7. The van der Waals surface area contributed by atoms with Crippen molar-refractivity contribution in [2.45, 2.75) is 58.6 Å². The van der Waals surface area contributed by atoms with Gasteiger partial charge in [0.2, 0.25) is 10.3 Å². The van der Waals surface area contributed by atoms with Gasteiger partial charge < -0.3 is 19.9 Å². The minimum absolute atomic E-state index is 0.0430. The van der Waals surface area contributed by atoms with Crippen LogP contribution in [0.2, 0.25) is 5.02 Å². The molecule has 11 heteroatoms. The van der Waals surface area contributed by atoms with Crippen LogP contribution in [0, 0.1) is 6.92 Å². The number of nitrogens with zero attached hydrogens (tertiary/aromatic N) is 3. The van der Waals surface area contributed by atoms with Crippen molar-refractivity contribution in [3.63, 3.8) is 0 Å². The minimum Gasteiger partial charge on any atom is -0.444 e. The Morgan fingerprint density at radius 1 is 1.07 bits per heavy atom. The van der Waals surface area contributed by atoms with E-state index in [0.717, 1.165) is 22.2 Å². The number of amides is 2. The van der Waals surface area contributed by atoms with Crippen LogP contribution in [0.5, 0.6) is 0 Å². The van der Waals surface area contributed by atoms with Crippen LogP contribution in [0.25, 0.3) is 10.8 Å². The summed E-state index contributed by atoms with van der Waals surface area (Å²) in [5.41, 5.74) is 2.03. The van der Waals surface area contributed by atoms with E-state index in [4.69, 9.17) is 16.3 Å². The third-order valence-corrected chi connectivity index (χ3v) is 8.06. The molecule has 3 aromatic rings. The van der Waals surface area contributed by atoms with Gasteiger partial charge in [-0.1, -0.05) is 35.9 Å². The molecule has 1 fully saturated rings.